The molecule has 0 radical (unpaired) electrons. The fraction of sp³-hybridized carbons (Fsp3) is 0.368. The summed E-state index contributed by atoms with van der Waals surface area (Å²) in [6.45, 7) is 5.15. The quantitative estimate of drug-likeness (QED) is 0.771. The highest BCUT2D eigenvalue weighted by molar-refractivity contribution is 5.84. The van der Waals surface area contributed by atoms with Crippen LogP contribution >= 0.6 is 0 Å². The third-order valence-corrected chi connectivity index (χ3v) is 3.60. The summed E-state index contributed by atoms with van der Waals surface area (Å²) < 4.78 is 5.10. The number of benzene rings is 2. The van der Waals surface area contributed by atoms with Crippen molar-refractivity contribution in [3.63, 3.8) is 0 Å². The van der Waals surface area contributed by atoms with Gasteiger partial charge in [-0.15, -0.1) is 0 Å². The van der Waals surface area contributed by atoms with Gasteiger partial charge in [0.05, 0.1) is 0 Å². The number of carboxylic acid groups (broad SMARTS) is 1. The molecule has 2 rings (SSSR count). The van der Waals surface area contributed by atoms with Crippen molar-refractivity contribution in [2.45, 2.75) is 45.3 Å². The molecule has 6 nitrogen and oxygen atoms in total. The van der Waals surface area contributed by atoms with E-state index in [1.54, 1.807) is 32.9 Å². The van der Waals surface area contributed by atoms with Gasteiger partial charge in [0.25, 0.3) is 0 Å². The molecule has 0 aliphatic heterocycles. The second-order valence-electron chi connectivity index (χ2n) is 6.94. The van der Waals surface area contributed by atoms with Crippen LogP contribution in [0.2, 0.25) is 0 Å². The molecule has 0 aliphatic carbocycles. The Hall–Kier alpha value is -2.76. The standard InChI is InChI=1S/C19H23NO5/c1-19(2,3)25-18(24)20-16(17(22)23)9-5-12-4-6-14-11-15(21)8-7-13(14)10-12/h4,6-8,10-11,16,21H,5,9H2,1-3H3,(H,20,24)(H,22,23). The number of aromatic hydroxyl groups is 1. The van der Waals surface area contributed by atoms with Crippen LogP contribution in [-0.2, 0) is 16.0 Å². The van der Waals surface area contributed by atoms with Gasteiger partial charge in [-0.05, 0) is 62.1 Å². The number of carbonyl (C=O) groups excluding carboxylic acids is 1. The van der Waals surface area contributed by atoms with Gasteiger partial charge in [0.15, 0.2) is 0 Å². The lowest BCUT2D eigenvalue weighted by atomic mass is 10.0. The summed E-state index contributed by atoms with van der Waals surface area (Å²) in [7, 11) is 0. The first-order valence-corrected chi connectivity index (χ1v) is 8.08. The predicted molar refractivity (Wildman–Crippen MR) is 94.7 cm³/mol. The van der Waals surface area contributed by atoms with Gasteiger partial charge in [0, 0.05) is 0 Å². The molecule has 0 aliphatic rings. The number of rotatable bonds is 5. The molecule has 1 unspecified atom stereocenters. The van der Waals surface area contributed by atoms with Crippen molar-refractivity contribution in [3.05, 3.63) is 42.0 Å². The first-order valence-electron chi connectivity index (χ1n) is 8.08. The summed E-state index contributed by atoms with van der Waals surface area (Å²) in [5.41, 5.74) is 0.271. The van der Waals surface area contributed by atoms with Gasteiger partial charge in [-0.25, -0.2) is 9.59 Å². The maximum Gasteiger partial charge on any atom is 0.408 e. The van der Waals surface area contributed by atoms with E-state index < -0.39 is 23.7 Å². The molecule has 0 saturated carbocycles. The van der Waals surface area contributed by atoms with Crippen molar-refractivity contribution in [1.29, 1.82) is 0 Å². The fourth-order valence-electron chi connectivity index (χ4n) is 2.46. The van der Waals surface area contributed by atoms with Crippen molar-refractivity contribution in [3.8, 4) is 5.75 Å². The molecular weight excluding hydrogens is 322 g/mol. The number of aliphatic carboxylic acids is 1. The molecule has 6 heteroatoms. The Bertz CT molecular complexity index is 779. The van der Waals surface area contributed by atoms with E-state index in [0.717, 1.165) is 16.3 Å². The number of alkyl carbamates (subject to hydrolysis) is 1. The molecule has 0 saturated heterocycles. The monoisotopic (exact) mass is 345 g/mol. The molecule has 1 amide bonds. The number of amides is 1. The highest BCUT2D eigenvalue weighted by atomic mass is 16.6. The van der Waals surface area contributed by atoms with Crippen LogP contribution in [0.15, 0.2) is 36.4 Å². The minimum absolute atomic E-state index is 0.202. The highest BCUT2D eigenvalue weighted by Gasteiger charge is 2.23. The van der Waals surface area contributed by atoms with Crippen molar-refractivity contribution in [2.75, 3.05) is 0 Å². The van der Waals surface area contributed by atoms with Gasteiger partial charge in [-0.1, -0.05) is 24.3 Å². The van der Waals surface area contributed by atoms with E-state index in [2.05, 4.69) is 5.32 Å². The molecule has 1 atom stereocenters. The molecule has 0 bridgehead atoms. The summed E-state index contributed by atoms with van der Waals surface area (Å²) in [4.78, 5) is 23.1. The lowest BCUT2D eigenvalue weighted by molar-refractivity contribution is -0.139. The minimum atomic E-state index is -1.10. The number of fused-ring (bicyclic) bond motifs is 1. The van der Waals surface area contributed by atoms with Crippen LogP contribution < -0.4 is 5.32 Å². The van der Waals surface area contributed by atoms with Crippen molar-refractivity contribution in [2.24, 2.45) is 0 Å². The number of carbonyl (C=O) groups is 2. The Labute approximate surface area is 146 Å². The maximum atomic E-state index is 11.8. The van der Waals surface area contributed by atoms with E-state index in [1.807, 2.05) is 24.3 Å². The van der Waals surface area contributed by atoms with Crippen molar-refractivity contribution >= 4 is 22.8 Å². The summed E-state index contributed by atoms with van der Waals surface area (Å²) in [6, 6.07) is 9.77. The summed E-state index contributed by atoms with van der Waals surface area (Å²) in [6.07, 6.45) is -0.00393. The smallest absolute Gasteiger partial charge is 0.408 e. The summed E-state index contributed by atoms with van der Waals surface area (Å²) >= 11 is 0. The first kappa shape index (κ1) is 18.6. The first-order chi connectivity index (χ1) is 11.6. The number of carboxylic acids is 1. The molecule has 0 aromatic heterocycles. The average molecular weight is 345 g/mol. The Morgan fingerprint density at radius 3 is 2.40 bits per heavy atom. The number of hydrogen-bond donors (Lipinski definition) is 3. The Kier molecular flexibility index (Phi) is 5.51. The molecule has 2 aromatic carbocycles. The van der Waals surface area contributed by atoms with E-state index in [-0.39, 0.29) is 12.2 Å². The van der Waals surface area contributed by atoms with Crippen LogP contribution in [-0.4, -0.2) is 33.9 Å². The van der Waals surface area contributed by atoms with E-state index in [9.17, 15) is 19.8 Å². The van der Waals surface area contributed by atoms with E-state index in [1.165, 1.54) is 0 Å². The molecule has 2 aromatic rings. The van der Waals surface area contributed by atoms with Crippen LogP contribution in [0.1, 0.15) is 32.8 Å². The number of phenols is 1. The second kappa shape index (κ2) is 7.42. The third kappa shape index (κ3) is 5.67. The molecule has 0 fully saturated rings. The Balaban J connectivity index is 2.02. The number of nitrogens with one attached hydrogen (secondary N) is 1. The number of aryl methyl sites for hydroxylation is 1. The lowest BCUT2D eigenvalue weighted by Crippen LogP contribution is -2.43. The van der Waals surface area contributed by atoms with Gasteiger partial charge in [-0.3, -0.25) is 0 Å². The number of phenolic OH excluding ortho intramolecular Hbond substituents is 1. The Morgan fingerprint density at radius 1 is 1.12 bits per heavy atom. The number of ether oxygens (including phenoxy) is 1. The normalized spacial score (nSPS) is 12.6. The average Bonchev–Trinajstić information content (AvgIpc) is 2.49. The minimum Gasteiger partial charge on any atom is -0.508 e. The number of hydrogen-bond acceptors (Lipinski definition) is 4. The van der Waals surface area contributed by atoms with Crippen LogP contribution in [0.4, 0.5) is 4.79 Å². The molecule has 3 N–H and O–H groups in total. The van der Waals surface area contributed by atoms with Gasteiger partial charge < -0.3 is 20.3 Å². The SMILES string of the molecule is CC(C)(C)OC(=O)NC(CCc1ccc2cc(O)ccc2c1)C(=O)O. The van der Waals surface area contributed by atoms with E-state index >= 15 is 0 Å². The topological polar surface area (TPSA) is 95.9 Å². The predicted octanol–water partition coefficient (Wildman–Crippen LogP) is 3.46. The molecular formula is C19H23NO5. The van der Waals surface area contributed by atoms with Gasteiger partial charge in [0.2, 0.25) is 0 Å². The zero-order chi connectivity index (χ0) is 18.6. The summed E-state index contributed by atoms with van der Waals surface area (Å²) in [5, 5.41) is 23.0. The zero-order valence-electron chi connectivity index (χ0n) is 14.6. The summed E-state index contributed by atoms with van der Waals surface area (Å²) in [5.74, 6) is -0.899. The van der Waals surface area contributed by atoms with Gasteiger partial charge in [0.1, 0.15) is 17.4 Å². The molecule has 134 valence electrons. The lowest BCUT2D eigenvalue weighted by Gasteiger charge is -2.22. The molecule has 0 heterocycles. The van der Waals surface area contributed by atoms with Crippen LogP contribution in [0.5, 0.6) is 5.75 Å². The van der Waals surface area contributed by atoms with Crippen molar-refractivity contribution < 1.29 is 24.5 Å². The molecule has 25 heavy (non-hydrogen) atoms. The fourth-order valence-corrected chi connectivity index (χ4v) is 2.46. The maximum absolute atomic E-state index is 11.8. The largest absolute Gasteiger partial charge is 0.508 e. The van der Waals surface area contributed by atoms with E-state index in [0.29, 0.717) is 6.42 Å². The van der Waals surface area contributed by atoms with Crippen molar-refractivity contribution in [1.82, 2.24) is 5.32 Å². The molecule has 0 spiro atoms. The van der Waals surface area contributed by atoms with Gasteiger partial charge >= 0.3 is 12.1 Å². The third-order valence-electron chi connectivity index (χ3n) is 3.60. The second-order valence-corrected chi connectivity index (χ2v) is 6.94. The van der Waals surface area contributed by atoms with Crippen LogP contribution in [0.25, 0.3) is 10.8 Å². The highest BCUT2D eigenvalue weighted by Crippen LogP contribution is 2.22. The van der Waals surface area contributed by atoms with E-state index in [4.69, 9.17) is 4.74 Å². The zero-order valence-corrected chi connectivity index (χ0v) is 14.6. The van der Waals surface area contributed by atoms with Gasteiger partial charge in [-0.2, -0.15) is 0 Å². The Morgan fingerprint density at radius 2 is 1.76 bits per heavy atom. The van der Waals surface area contributed by atoms with Crippen LogP contribution in [0.3, 0.4) is 0 Å². The van der Waals surface area contributed by atoms with Crippen LogP contribution in [0, 0.1) is 0 Å².